The summed E-state index contributed by atoms with van der Waals surface area (Å²) in [6, 6.07) is 0. The molecule has 1 heterocycles. The van der Waals surface area contributed by atoms with Gasteiger partial charge in [-0.25, -0.2) is 9.97 Å². The van der Waals surface area contributed by atoms with Gasteiger partial charge in [-0.2, -0.15) is 0 Å². The van der Waals surface area contributed by atoms with E-state index in [4.69, 9.17) is 12.2 Å². The molecule has 1 rings (SSSR count). The van der Waals surface area contributed by atoms with Gasteiger partial charge in [0, 0.05) is 0 Å². The Balaban J connectivity index is 2.13. The van der Waals surface area contributed by atoms with E-state index in [1.54, 1.807) is 29.9 Å². The molecule has 0 saturated carbocycles. The number of nitrogens with one attached hydrogen (secondary N) is 1. The number of unbranched alkanes of at least 4 members (excludes halogenated alkanes) is 10. The minimum absolute atomic E-state index is 0.904. The Hall–Kier alpha value is -0.330. The van der Waals surface area contributed by atoms with Crippen molar-refractivity contribution in [3.05, 3.63) is 6.33 Å². The average molecular weight is 414 g/mol. The highest BCUT2D eigenvalue weighted by Gasteiger charge is 2.11. The van der Waals surface area contributed by atoms with Crippen LogP contribution in [0.3, 0.4) is 0 Å². The Morgan fingerprint density at radius 3 is 1.77 bits per heavy atom. The molecule has 6 heteroatoms. The van der Waals surface area contributed by atoms with E-state index >= 15 is 0 Å². The van der Waals surface area contributed by atoms with Crippen LogP contribution in [0.1, 0.15) is 84.0 Å². The van der Waals surface area contributed by atoms with Crippen LogP contribution in [-0.2, 0) is 0 Å². The zero-order chi connectivity index (χ0) is 19.0. The molecule has 0 amide bonds. The largest absolute Gasteiger partial charge is 0.346 e. The molecular formula is C20H35N3S3. The number of nitrogens with zero attached hydrogens (tertiary/aromatic N) is 2. The summed E-state index contributed by atoms with van der Waals surface area (Å²) in [4.78, 5) is 9.58. The number of hydrogen-bond acceptors (Lipinski definition) is 5. The summed E-state index contributed by atoms with van der Waals surface area (Å²) in [5, 5.41) is 5.31. The maximum absolute atomic E-state index is 5.54. The molecule has 1 aromatic heterocycles. The Kier molecular flexibility index (Phi) is 14.3. The van der Waals surface area contributed by atoms with Gasteiger partial charge in [0.2, 0.25) is 0 Å². The summed E-state index contributed by atoms with van der Waals surface area (Å²) in [6.07, 6.45) is 21.6. The van der Waals surface area contributed by atoms with Crippen molar-refractivity contribution in [2.75, 3.05) is 17.8 Å². The molecule has 0 saturated heterocycles. The van der Waals surface area contributed by atoms with Crippen LogP contribution in [-0.4, -0.2) is 27.5 Å². The third-order valence-electron chi connectivity index (χ3n) is 4.44. The van der Waals surface area contributed by atoms with Gasteiger partial charge in [-0.3, -0.25) is 0 Å². The summed E-state index contributed by atoms with van der Waals surface area (Å²) in [5.74, 6) is 0. The second-order valence-electron chi connectivity index (χ2n) is 6.60. The van der Waals surface area contributed by atoms with E-state index in [2.05, 4.69) is 22.2 Å². The molecule has 0 unspecified atom stereocenters. The topological polar surface area (TPSA) is 37.8 Å². The van der Waals surface area contributed by atoms with Gasteiger partial charge in [-0.15, -0.1) is 23.5 Å². The van der Waals surface area contributed by atoms with Crippen molar-refractivity contribution in [3.8, 4) is 0 Å². The van der Waals surface area contributed by atoms with Crippen LogP contribution in [0.4, 0.5) is 5.69 Å². The minimum Gasteiger partial charge on any atom is -0.346 e. The van der Waals surface area contributed by atoms with Crippen LogP contribution in [0.2, 0.25) is 0 Å². The first-order valence-electron chi connectivity index (χ1n) is 9.95. The van der Waals surface area contributed by atoms with Crippen molar-refractivity contribution in [1.29, 1.82) is 0 Å². The molecular weight excluding hydrogens is 378 g/mol. The molecule has 148 valence electrons. The molecule has 0 atom stereocenters. The summed E-state index contributed by atoms with van der Waals surface area (Å²) in [6.45, 7) is 2.28. The second-order valence-corrected chi connectivity index (χ2v) is 8.68. The van der Waals surface area contributed by atoms with Crippen molar-refractivity contribution in [1.82, 2.24) is 9.97 Å². The van der Waals surface area contributed by atoms with Gasteiger partial charge in [-0.1, -0.05) is 83.3 Å². The number of rotatable bonds is 15. The monoisotopic (exact) mass is 413 g/mol. The number of hydrogen-bond donors (Lipinski definition) is 1. The molecule has 0 spiro atoms. The van der Waals surface area contributed by atoms with Crippen molar-refractivity contribution in [3.63, 3.8) is 0 Å². The van der Waals surface area contributed by atoms with Crippen LogP contribution in [0.15, 0.2) is 16.4 Å². The standard InChI is InChI=1S/C20H35N3S3/c1-4-5-6-7-8-9-10-11-12-13-14-15-17(24)23-18-19(25-2)21-16-22-20(18)26-3/h16H,4-15H2,1-3H3,(H,23,24). The highest BCUT2D eigenvalue weighted by Crippen LogP contribution is 2.30. The van der Waals surface area contributed by atoms with Crippen LogP contribution in [0, 0.1) is 0 Å². The lowest BCUT2D eigenvalue weighted by Crippen LogP contribution is -2.11. The predicted molar refractivity (Wildman–Crippen MR) is 123 cm³/mol. The molecule has 1 aromatic rings. The molecule has 3 nitrogen and oxygen atoms in total. The predicted octanol–water partition coefficient (Wildman–Crippen LogP) is 7.36. The first kappa shape index (κ1) is 23.7. The molecule has 0 aliphatic carbocycles. The molecule has 0 aliphatic rings. The molecule has 0 radical (unpaired) electrons. The second kappa shape index (κ2) is 15.7. The zero-order valence-electron chi connectivity index (χ0n) is 16.7. The fourth-order valence-electron chi connectivity index (χ4n) is 2.92. The normalized spacial score (nSPS) is 10.9. The molecule has 0 aromatic carbocycles. The van der Waals surface area contributed by atoms with Gasteiger partial charge in [0.05, 0.1) is 4.99 Å². The van der Waals surface area contributed by atoms with E-state index in [0.717, 1.165) is 27.1 Å². The van der Waals surface area contributed by atoms with Gasteiger partial charge in [0.25, 0.3) is 0 Å². The van der Waals surface area contributed by atoms with E-state index in [0.29, 0.717) is 0 Å². The zero-order valence-corrected chi connectivity index (χ0v) is 19.1. The smallest absolute Gasteiger partial charge is 0.124 e. The fraction of sp³-hybridized carbons (Fsp3) is 0.750. The first-order chi connectivity index (χ1) is 12.7. The summed E-state index contributed by atoms with van der Waals surface area (Å²) < 4.78 is 0. The number of thioether (sulfide) groups is 2. The molecule has 0 fully saturated rings. The summed E-state index contributed by atoms with van der Waals surface area (Å²) >= 11 is 8.79. The molecule has 1 N–H and O–H groups in total. The van der Waals surface area contributed by atoms with E-state index < -0.39 is 0 Å². The number of anilines is 1. The van der Waals surface area contributed by atoms with Crippen molar-refractivity contribution in [2.45, 2.75) is 94.0 Å². The highest BCUT2D eigenvalue weighted by molar-refractivity contribution is 7.99. The van der Waals surface area contributed by atoms with Gasteiger partial charge < -0.3 is 5.32 Å². The Bertz CT molecular complexity index is 487. The molecule has 0 bridgehead atoms. The Morgan fingerprint density at radius 1 is 0.846 bits per heavy atom. The van der Waals surface area contributed by atoms with Crippen LogP contribution in [0.25, 0.3) is 0 Å². The first-order valence-corrected chi connectivity index (χ1v) is 12.8. The van der Waals surface area contributed by atoms with E-state index in [9.17, 15) is 0 Å². The number of aromatic nitrogens is 2. The van der Waals surface area contributed by atoms with Crippen LogP contribution >= 0.6 is 35.7 Å². The summed E-state index contributed by atoms with van der Waals surface area (Å²) in [7, 11) is 0. The quantitative estimate of drug-likeness (QED) is 0.140. The van der Waals surface area contributed by atoms with Gasteiger partial charge in [0.1, 0.15) is 22.1 Å². The SMILES string of the molecule is CCCCCCCCCCCCCC(=S)Nc1c(SC)ncnc1SC. The van der Waals surface area contributed by atoms with Crippen LogP contribution in [0.5, 0.6) is 0 Å². The molecule has 0 aliphatic heterocycles. The Morgan fingerprint density at radius 2 is 1.31 bits per heavy atom. The Labute approximate surface area is 174 Å². The van der Waals surface area contributed by atoms with Gasteiger partial charge >= 0.3 is 0 Å². The minimum atomic E-state index is 0.904. The number of thiocarbonyl (C=S) groups is 1. The van der Waals surface area contributed by atoms with Crippen LogP contribution < -0.4 is 5.32 Å². The average Bonchev–Trinajstić information content (AvgIpc) is 2.66. The third-order valence-corrected chi connectivity index (χ3v) is 6.13. The summed E-state index contributed by atoms with van der Waals surface area (Å²) in [5.41, 5.74) is 0.973. The lowest BCUT2D eigenvalue weighted by atomic mass is 10.1. The highest BCUT2D eigenvalue weighted by atomic mass is 32.2. The van der Waals surface area contributed by atoms with Crippen molar-refractivity contribution < 1.29 is 0 Å². The van der Waals surface area contributed by atoms with E-state index in [1.165, 1.54) is 70.6 Å². The fourth-order valence-corrected chi connectivity index (χ4v) is 4.24. The van der Waals surface area contributed by atoms with Crippen molar-refractivity contribution in [2.24, 2.45) is 0 Å². The van der Waals surface area contributed by atoms with Crippen molar-refractivity contribution >= 4 is 46.4 Å². The van der Waals surface area contributed by atoms with Gasteiger partial charge in [0.15, 0.2) is 0 Å². The van der Waals surface area contributed by atoms with E-state index in [1.807, 2.05) is 12.5 Å². The van der Waals surface area contributed by atoms with E-state index in [-0.39, 0.29) is 0 Å². The lowest BCUT2D eigenvalue weighted by Gasteiger charge is -2.13. The lowest BCUT2D eigenvalue weighted by molar-refractivity contribution is 0.552. The molecule has 26 heavy (non-hydrogen) atoms. The maximum atomic E-state index is 5.54. The maximum Gasteiger partial charge on any atom is 0.124 e. The van der Waals surface area contributed by atoms with Gasteiger partial charge in [-0.05, 0) is 25.4 Å². The third kappa shape index (κ3) is 10.1.